The van der Waals surface area contributed by atoms with Crippen LogP contribution < -0.4 is 5.32 Å². The Hall–Kier alpha value is -0.570. The first-order valence-electron chi connectivity index (χ1n) is 12.2. The Morgan fingerprint density at radius 2 is 1.39 bits per heavy atom. The second kappa shape index (κ2) is 12.9. The summed E-state index contributed by atoms with van der Waals surface area (Å²) in [6.07, 6.45) is 16.7. The van der Waals surface area contributed by atoms with E-state index in [4.69, 9.17) is 0 Å². The zero-order valence-corrected chi connectivity index (χ0v) is 19.6. The van der Waals surface area contributed by atoms with E-state index in [0.717, 1.165) is 32.4 Å². The van der Waals surface area contributed by atoms with Gasteiger partial charge in [-0.3, -0.25) is 4.79 Å². The fourth-order valence-corrected chi connectivity index (χ4v) is 5.19. The lowest BCUT2D eigenvalue weighted by atomic mass is 9.53. The van der Waals surface area contributed by atoms with Gasteiger partial charge in [0.05, 0.1) is 5.41 Å². The van der Waals surface area contributed by atoms with Crippen LogP contribution in [-0.4, -0.2) is 24.2 Å². The van der Waals surface area contributed by atoms with Crippen molar-refractivity contribution in [1.82, 2.24) is 5.32 Å². The summed E-state index contributed by atoms with van der Waals surface area (Å²) in [6.45, 7) is 12.9. The predicted molar refractivity (Wildman–Crippen MR) is 121 cm³/mol. The molecule has 1 heterocycles. The molecule has 3 heteroatoms. The van der Waals surface area contributed by atoms with Crippen molar-refractivity contribution >= 4 is 5.97 Å². The Balaban J connectivity index is 2.39. The van der Waals surface area contributed by atoms with Gasteiger partial charge in [0.15, 0.2) is 0 Å². The molecular weight excluding hydrogens is 346 g/mol. The summed E-state index contributed by atoms with van der Waals surface area (Å²) in [5, 5.41) is 13.6. The first kappa shape index (κ1) is 25.5. The first-order chi connectivity index (χ1) is 13.3. The van der Waals surface area contributed by atoms with Crippen LogP contribution in [0.2, 0.25) is 0 Å². The molecule has 0 aliphatic carbocycles. The average Bonchev–Trinajstić information content (AvgIpc) is 2.68. The normalized spacial score (nSPS) is 19.3. The van der Waals surface area contributed by atoms with E-state index < -0.39 is 11.4 Å². The van der Waals surface area contributed by atoms with Gasteiger partial charge in [0.25, 0.3) is 0 Å². The molecule has 3 nitrogen and oxygen atoms in total. The fraction of sp³-hybridized carbons (Fsp3) is 0.960. The van der Waals surface area contributed by atoms with E-state index in [9.17, 15) is 9.90 Å². The molecule has 1 saturated heterocycles. The van der Waals surface area contributed by atoms with Gasteiger partial charge in [0.2, 0.25) is 0 Å². The van der Waals surface area contributed by atoms with E-state index in [0.29, 0.717) is 5.92 Å². The Morgan fingerprint density at radius 3 is 1.86 bits per heavy atom. The van der Waals surface area contributed by atoms with Gasteiger partial charge in [-0.25, -0.2) is 0 Å². The van der Waals surface area contributed by atoms with Crippen molar-refractivity contribution in [3.63, 3.8) is 0 Å². The van der Waals surface area contributed by atoms with E-state index in [1.54, 1.807) is 0 Å². The summed E-state index contributed by atoms with van der Waals surface area (Å²) in [5.74, 6) is 0.105. The van der Waals surface area contributed by atoms with Crippen molar-refractivity contribution in [3.05, 3.63) is 0 Å². The number of hydrogen-bond acceptors (Lipinski definition) is 2. The molecule has 1 rings (SSSR count). The molecular formula is C25H49NO2. The van der Waals surface area contributed by atoms with Gasteiger partial charge in [0, 0.05) is 0 Å². The van der Waals surface area contributed by atoms with Crippen molar-refractivity contribution in [3.8, 4) is 0 Å². The van der Waals surface area contributed by atoms with E-state index in [-0.39, 0.29) is 11.3 Å². The quantitative estimate of drug-likeness (QED) is 0.292. The Labute approximate surface area is 175 Å². The van der Waals surface area contributed by atoms with E-state index in [1.165, 1.54) is 64.2 Å². The van der Waals surface area contributed by atoms with Crippen LogP contribution in [-0.2, 0) is 4.79 Å². The summed E-state index contributed by atoms with van der Waals surface area (Å²) in [7, 11) is 0. The maximum atomic E-state index is 12.4. The zero-order chi connectivity index (χ0) is 21.0. The van der Waals surface area contributed by atoms with Crippen molar-refractivity contribution in [2.45, 2.75) is 118 Å². The average molecular weight is 396 g/mol. The Bertz CT molecular complexity index is 428. The molecule has 1 aliphatic heterocycles. The molecule has 0 radical (unpaired) electrons. The number of nitrogens with one attached hydrogen (secondary N) is 1. The van der Waals surface area contributed by atoms with Crippen molar-refractivity contribution in [1.29, 1.82) is 0 Å². The number of aliphatic carboxylic acids is 1. The standard InChI is InChI=1S/C25H49NO2/c1-6-7-8-9-10-11-12-13-14-15-16-21(2)24(3,4)25(5,23(27)28)22-17-19-26-20-18-22/h21-22,26H,6-20H2,1-5H3,(H,27,28). The summed E-state index contributed by atoms with van der Waals surface area (Å²) in [5.41, 5.74) is -0.840. The third-order valence-electron chi connectivity index (χ3n) is 8.16. The van der Waals surface area contributed by atoms with Crippen LogP contribution in [0.4, 0.5) is 0 Å². The van der Waals surface area contributed by atoms with Crippen molar-refractivity contribution < 1.29 is 9.90 Å². The van der Waals surface area contributed by atoms with Crippen LogP contribution in [0.5, 0.6) is 0 Å². The van der Waals surface area contributed by atoms with E-state index in [1.807, 2.05) is 6.92 Å². The molecule has 2 N–H and O–H groups in total. The highest BCUT2D eigenvalue weighted by atomic mass is 16.4. The van der Waals surface area contributed by atoms with Crippen LogP contribution >= 0.6 is 0 Å². The largest absolute Gasteiger partial charge is 0.481 e. The number of carbonyl (C=O) groups is 1. The van der Waals surface area contributed by atoms with Gasteiger partial charge in [-0.2, -0.15) is 0 Å². The molecule has 0 saturated carbocycles. The monoisotopic (exact) mass is 395 g/mol. The number of rotatable bonds is 15. The van der Waals surface area contributed by atoms with E-state index >= 15 is 0 Å². The van der Waals surface area contributed by atoms with Gasteiger partial charge in [-0.15, -0.1) is 0 Å². The smallest absolute Gasteiger partial charge is 0.310 e. The minimum Gasteiger partial charge on any atom is -0.481 e. The molecule has 1 fully saturated rings. The topological polar surface area (TPSA) is 49.3 Å². The summed E-state index contributed by atoms with van der Waals surface area (Å²) in [4.78, 5) is 12.4. The maximum absolute atomic E-state index is 12.4. The zero-order valence-electron chi connectivity index (χ0n) is 19.6. The highest BCUT2D eigenvalue weighted by molar-refractivity contribution is 5.75. The van der Waals surface area contributed by atoms with Crippen LogP contribution in [0.1, 0.15) is 118 Å². The third kappa shape index (κ3) is 7.04. The lowest BCUT2D eigenvalue weighted by Gasteiger charge is -2.50. The number of piperidine rings is 1. The highest BCUT2D eigenvalue weighted by Gasteiger charge is 2.54. The maximum Gasteiger partial charge on any atom is 0.310 e. The number of unbranched alkanes of at least 4 members (excludes halogenated alkanes) is 9. The molecule has 0 spiro atoms. The van der Waals surface area contributed by atoms with Gasteiger partial charge in [-0.05, 0) is 50.1 Å². The minimum absolute atomic E-state index is 0.194. The lowest BCUT2D eigenvalue weighted by Crippen LogP contribution is -2.53. The number of hydrogen-bond donors (Lipinski definition) is 2. The second-order valence-corrected chi connectivity index (χ2v) is 10.1. The van der Waals surface area contributed by atoms with Crippen LogP contribution in [0, 0.1) is 22.7 Å². The molecule has 166 valence electrons. The highest BCUT2D eigenvalue weighted by Crippen LogP contribution is 2.53. The molecule has 0 amide bonds. The number of carboxylic acids is 1. The number of carboxylic acid groups (broad SMARTS) is 1. The Morgan fingerprint density at radius 1 is 0.929 bits per heavy atom. The van der Waals surface area contributed by atoms with Crippen molar-refractivity contribution in [2.24, 2.45) is 22.7 Å². The van der Waals surface area contributed by atoms with Gasteiger partial charge in [0.1, 0.15) is 0 Å². The van der Waals surface area contributed by atoms with Gasteiger partial charge >= 0.3 is 5.97 Å². The third-order valence-corrected chi connectivity index (χ3v) is 8.16. The van der Waals surface area contributed by atoms with Gasteiger partial charge in [-0.1, -0.05) is 98.3 Å². The van der Waals surface area contributed by atoms with Crippen molar-refractivity contribution in [2.75, 3.05) is 13.1 Å². The molecule has 0 aromatic heterocycles. The summed E-state index contributed by atoms with van der Waals surface area (Å²) >= 11 is 0. The molecule has 2 unspecified atom stereocenters. The van der Waals surface area contributed by atoms with E-state index in [2.05, 4.69) is 33.0 Å². The summed E-state index contributed by atoms with van der Waals surface area (Å²) < 4.78 is 0. The molecule has 0 bridgehead atoms. The minimum atomic E-state index is -0.646. The molecule has 1 aliphatic rings. The Kier molecular flexibility index (Phi) is 11.7. The molecule has 28 heavy (non-hydrogen) atoms. The molecule has 0 aromatic rings. The van der Waals surface area contributed by atoms with Crippen LogP contribution in [0.25, 0.3) is 0 Å². The predicted octanol–water partition coefficient (Wildman–Crippen LogP) is 7.05. The first-order valence-corrected chi connectivity index (χ1v) is 12.2. The lowest BCUT2D eigenvalue weighted by molar-refractivity contribution is -0.166. The second-order valence-electron chi connectivity index (χ2n) is 10.1. The van der Waals surface area contributed by atoms with Crippen LogP contribution in [0.3, 0.4) is 0 Å². The summed E-state index contributed by atoms with van der Waals surface area (Å²) in [6, 6.07) is 0. The molecule has 2 atom stereocenters. The fourth-order valence-electron chi connectivity index (χ4n) is 5.19. The molecule has 0 aromatic carbocycles. The SMILES string of the molecule is CCCCCCCCCCCCC(C)C(C)(C)C(C)(C(=O)O)C1CCNCC1. The van der Waals surface area contributed by atoms with Crippen LogP contribution in [0.15, 0.2) is 0 Å². The van der Waals surface area contributed by atoms with Gasteiger partial charge < -0.3 is 10.4 Å².